The summed E-state index contributed by atoms with van der Waals surface area (Å²) in [5.74, 6) is -0.769. The van der Waals surface area contributed by atoms with E-state index in [1.165, 1.54) is 20.8 Å². The minimum Gasteiger partial charge on any atom is -0.400 e. The lowest BCUT2D eigenvalue weighted by Crippen LogP contribution is -2.35. The third kappa shape index (κ3) is 8.85. The molecule has 172 valence electrons. The van der Waals surface area contributed by atoms with Crippen molar-refractivity contribution in [3.05, 3.63) is 54.1 Å². The van der Waals surface area contributed by atoms with Crippen LogP contribution in [0.3, 0.4) is 0 Å². The van der Waals surface area contributed by atoms with Crippen LogP contribution >= 0.6 is 0 Å². The molecular formula is C26H39NO4. The van der Waals surface area contributed by atoms with Crippen molar-refractivity contribution in [2.45, 2.75) is 54.9 Å². The Kier molecular flexibility index (Phi) is 15.7. The zero-order valence-corrected chi connectivity index (χ0v) is 20.5. The Morgan fingerprint density at radius 3 is 1.45 bits per heavy atom. The smallest absolute Gasteiger partial charge is 0.164 e. The standard InChI is InChI=1S/C21H23NO3.2C2H6.CH4O/c1-14(23)21(3,15(2)24)13-20(25)18-7-5-16(6-8-18)17-9-11-19(22-4)12-10-17;3*1-2/h5-12,22H,13H2,1-4H3;2*1-2H3;2H,1H3. The summed E-state index contributed by atoms with van der Waals surface area (Å²) in [4.78, 5) is 36.1. The number of nitrogens with one attached hydrogen (secondary N) is 1. The van der Waals surface area contributed by atoms with Crippen molar-refractivity contribution in [3.63, 3.8) is 0 Å². The molecule has 31 heavy (non-hydrogen) atoms. The molecule has 0 fully saturated rings. The van der Waals surface area contributed by atoms with E-state index in [0.29, 0.717) is 5.56 Å². The fourth-order valence-electron chi connectivity index (χ4n) is 2.60. The number of benzene rings is 2. The first-order valence-electron chi connectivity index (χ1n) is 10.7. The molecule has 0 spiro atoms. The van der Waals surface area contributed by atoms with E-state index in [1.807, 2.05) is 71.1 Å². The molecule has 0 radical (unpaired) electrons. The molecule has 0 aliphatic heterocycles. The van der Waals surface area contributed by atoms with Crippen LogP contribution in [0.15, 0.2) is 48.5 Å². The topological polar surface area (TPSA) is 83.5 Å². The van der Waals surface area contributed by atoms with Gasteiger partial charge in [0.25, 0.3) is 0 Å². The number of Topliss-reactive ketones (excluding diaryl/α,β-unsaturated/α-hetero) is 3. The van der Waals surface area contributed by atoms with Crippen LogP contribution in [0.25, 0.3) is 11.1 Å². The second-order valence-electron chi connectivity index (χ2n) is 6.45. The molecule has 0 saturated carbocycles. The first-order valence-corrected chi connectivity index (χ1v) is 10.7. The van der Waals surface area contributed by atoms with Crippen LogP contribution in [0.5, 0.6) is 0 Å². The summed E-state index contributed by atoms with van der Waals surface area (Å²) in [6.45, 7) is 12.2. The molecule has 0 saturated heterocycles. The number of hydrogen-bond acceptors (Lipinski definition) is 5. The monoisotopic (exact) mass is 429 g/mol. The lowest BCUT2D eigenvalue weighted by atomic mass is 9.77. The van der Waals surface area contributed by atoms with Gasteiger partial charge in [0.2, 0.25) is 0 Å². The molecule has 0 aliphatic rings. The van der Waals surface area contributed by atoms with Gasteiger partial charge in [0.15, 0.2) is 5.78 Å². The molecule has 0 bridgehead atoms. The average molecular weight is 430 g/mol. The van der Waals surface area contributed by atoms with E-state index in [9.17, 15) is 14.4 Å². The second kappa shape index (κ2) is 16.0. The molecule has 2 aromatic rings. The van der Waals surface area contributed by atoms with Crippen LogP contribution in [0, 0.1) is 5.41 Å². The van der Waals surface area contributed by atoms with Gasteiger partial charge in [-0.05, 0) is 44.0 Å². The average Bonchev–Trinajstić information content (AvgIpc) is 2.82. The molecule has 2 aromatic carbocycles. The van der Waals surface area contributed by atoms with Gasteiger partial charge in [-0.15, -0.1) is 0 Å². The predicted molar refractivity (Wildman–Crippen MR) is 131 cm³/mol. The largest absolute Gasteiger partial charge is 0.400 e. The fraction of sp³-hybridized carbons (Fsp3) is 0.423. The van der Waals surface area contributed by atoms with Gasteiger partial charge in [-0.3, -0.25) is 14.4 Å². The Labute approximate surface area is 187 Å². The van der Waals surface area contributed by atoms with Gasteiger partial charge in [0.05, 0.1) is 5.41 Å². The van der Waals surface area contributed by atoms with E-state index >= 15 is 0 Å². The number of carbonyl (C=O) groups is 3. The second-order valence-corrected chi connectivity index (χ2v) is 6.45. The normalized spacial score (nSPS) is 9.48. The summed E-state index contributed by atoms with van der Waals surface area (Å²) >= 11 is 0. The highest BCUT2D eigenvalue weighted by Gasteiger charge is 2.37. The van der Waals surface area contributed by atoms with Crippen LogP contribution < -0.4 is 5.32 Å². The Morgan fingerprint density at radius 2 is 1.13 bits per heavy atom. The van der Waals surface area contributed by atoms with Crippen molar-refractivity contribution in [2.75, 3.05) is 19.5 Å². The molecule has 0 amide bonds. The van der Waals surface area contributed by atoms with E-state index < -0.39 is 5.41 Å². The summed E-state index contributed by atoms with van der Waals surface area (Å²) in [5.41, 5.74) is 2.33. The third-order valence-electron chi connectivity index (χ3n) is 4.78. The SMILES string of the molecule is CC.CC.CNc1ccc(-c2ccc(C(=O)CC(C)(C(C)=O)C(C)=O)cc2)cc1.CO. The van der Waals surface area contributed by atoms with Crippen molar-refractivity contribution in [3.8, 4) is 11.1 Å². The fourth-order valence-corrected chi connectivity index (χ4v) is 2.60. The maximum Gasteiger partial charge on any atom is 0.164 e. The van der Waals surface area contributed by atoms with Crippen molar-refractivity contribution >= 4 is 23.0 Å². The molecule has 5 nitrogen and oxygen atoms in total. The maximum atomic E-state index is 12.5. The lowest BCUT2D eigenvalue weighted by Gasteiger charge is -2.22. The first-order chi connectivity index (χ1) is 14.8. The van der Waals surface area contributed by atoms with Crippen LogP contribution in [-0.4, -0.2) is 36.6 Å². The molecule has 2 N–H and O–H groups in total. The number of aliphatic hydroxyl groups is 1. The van der Waals surface area contributed by atoms with Gasteiger partial charge < -0.3 is 10.4 Å². The van der Waals surface area contributed by atoms with Gasteiger partial charge in [-0.25, -0.2) is 0 Å². The Balaban J connectivity index is 0. The Bertz CT molecular complexity index is 779. The Hall–Kier alpha value is -2.79. The van der Waals surface area contributed by atoms with Gasteiger partial charge in [-0.1, -0.05) is 64.1 Å². The third-order valence-corrected chi connectivity index (χ3v) is 4.78. The summed E-state index contributed by atoms with van der Waals surface area (Å²) in [5, 5.41) is 10.1. The van der Waals surface area contributed by atoms with E-state index in [4.69, 9.17) is 5.11 Å². The van der Waals surface area contributed by atoms with Crippen molar-refractivity contribution in [2.24, 2.45) is 5.41 Å². The molecule has 0 aliphatic carbocycles. The highest BCUT2D eigenvalue weighted by Crippen LogP contribution is 2.27. The number of anilines is 1. The van der Waals surface area contributed by atoms with Crippen molar-refractivity contribution in [1.82, 2.24) is 0 Å². The predicted octanol–water partition coefficient (Wildman–Crippen LogP) is 5.81. The number of rotatable bonds is 7. The molecule has 0 atom stereocenters. The highest BCUT2D eigenvalue weighted by atomic mass is 16.2. The van der Waals surface area contributed by atoms with Crippen LogP contribution in [0.2, 0.25) is 0 Å². The van der Waals surface area contributed by atoms with Crippen LogP contribution in [0.4, 0.5) is 5.69 Å². The van der Waals surface area contributed by atoms with Gasteiger partial charge >= 0.3 is 0 Å². The van der Waals surface area contributed by atoms with E-state index in [0.717, 1.165) is 23.9 Å². The Morgan fingerprint density at radius 1 is 0.774 bits per heavy atom. The van der Waals surface area contributed by atoms with Crippen LogP contribution in [0.1, 0.15) is 65.2 Å². The van der Waals surface area contributed by atoms with Crippen molar-refractivity contribution in [1.29, 1.82) is 0 Å². The zero-order valence-electron chi connectivity index (χ0n) is 20.5. The molecule has 0 heterocycles. The lowest BCUT2D eigenvalue weighted by molar-refractivity contribution is -0.137. The van der Waals surface area contributed by atoms with Gasteiger partial charge in [0, 0.05) is 31.8 Å². The highest BCUT2D eigenvalue weighted by molar-refractivity contribution is 6.10. The number of carbonyl (C=O) groups excluding carboxylic acids is 3. The molecule has 0 unspecified atom stereocenters. The van der Waals surface area contributed by atoms with Crippen molar-refractivity contribution < 1.29 is 19.5 Å². The number of aliphatic hydroxyl groups excluding tert-OH is 1. The first kappa shape index (κ1) is 30.4. The summed E-state index contributed by atoms with van der Waals surface area (Å²) in [7, 11) is 2.87. The maximum absolute atomic E-state index is 12.5. The molecule has 5 heteroatoms. The minimum absolute atomic E-state index is 0.103. The molecular weight excluding hydrogens is 390 g/mol. The summed E-state index contributed by atoms with van der Waals surface area (Å²) < 4.78 is 0. The van der Waals surface area contributed by atoms with E-state index in [2.05, 4.69) is 5.32 Å². The van der Waals surface area contributed by atoms with Crippen LogP contribution in [-0.2, 0) is 9.59 Å². The number of ketones is 3. The van der Waals surface area contributed by atoms with E-state index in [1.54, 1.807) is 12.1 Å². The molecule has 2 rings (SSSR count). The number of hydrogen-bond donors (Lipinski definition) is 2. The quantitative estimate of drug-likeness (QED) is 0.428. The molecule has 0 aromatic heterocycles. The summed E-state index contributed by atoms with van der Waals surface area (Å²) in [6.07, 6.45) is -0.103. The van der Waals surface area contributed by atoms with Gasteiger partial charge in [-0.2, -0.15) is 0 Å². The van der Waals surface area contributed by atoms with Gasteiger partial charge in [0.1, 0.15) is 11.6 Å². The minimum atomic E-state index is -1.25. The van der Waals surface area contributed by atoms with E-state index in [-0.39, 0.29) is 23.8 Å². The zero-order chi connectivity index (χ0) is 24.6. The summed E-state index contributed by atoms with van der Waals surface area (Å²) in [6, 6.07) is 15.2.